The highest BCUT2D eigenvalue weighted by Gasteiger charge is 2.35. The molecule has 7 nitrogen and oxygen atoms in total. The first-order valence-corrected chi connectivity index (χ1v) is 12.2. The predicted molar refractivity (Wildman–Crippen MR) is 129 cm³/mol. The molecule has 3 atom stereocenters. The van der Waals surface area contributed by atoms with Crippen molar-refractivity contribution in [3.8, 4) is 0 Å². The summed E-state index contributed by atoms with van der Waals surface area (Å²) in [6.07, 6.45) is 6.28. The first-order chi connectivity index (χ1) is 16.5. The number of likely N-dealkylation sites (tertiary alicyclic amines) is 2. The van der Waals surface area contributed by atoms with Crippen molar-refractivity contribution in [1.82, 2.24) is 20.1 Å². The van der Waals surface area contributed by atoms with Crippen molar-refractivity contribution in [3.63, 3.8) is 0 Å². The Morgan fingerprint density at radius 1 is 1.06 bits per heavy atom. The molecule has 0 unspecified atom stereocenters. The van der Waals surface area contributed by atoms with Gasteiger partial charge >= 0.3 is 0 Å². The van der Waals surface area contributed by atoms with E-state index in [2.05, 4.69) is 32.3 Å². The van der Waals surface area contributed by atoms with Crippen LogP contribution in [-0.4, -0.2) is 65.4 Å². The zero-order valence-corrected chi connectivity index (χ0v) is 19.8. The van der Waals surface area contributed by atoms with Gasteiger partial charge in [0.2, 0.25) is 11.8 Å². The molecule has 1 aromatic carbocycles. The van der Waals surface area contributed by atoms with Crippen molar-refractivity contribution in [2.24, 2.45) is 11.8 Å². The van der Waals surface area contributed by atoms with Crippen LogP contribution in [0.1, 0.15) is 31.7 Å². The maximum Gasteiger partial charge on any atom is 0.228 e. The molecule has 0 spiro atoms. The van der Waals surface area contributed by atoms with Gasteiger partial charge in [-0.05, 0) is 74.3 Å². The number of carbonyl (C=O) groups is 2. The van der Waals surface area contributed by atoms with E-state index in [1.54, 1.807) is 24.5 Å². The lowest BCUT2D eigenvalue weighted by Gasteiger charge is -2.37. The van der Waals surface area contributed by atoms with Gasteiger partial charge in [0, 0.05) is 50.3 Å². The molecule has 2 fully saturated rings. The second-order valence-corrected chi connectivity index (χ2v) is 9.35. The van der Waals surface area contributed by atoms with Gasteiger partial charge in [-0.3, -0.25) is 24.4 Å². The van der Waals surface area contributed by atoms with Crippen LogP contribution in [0.4, 0.5) is 10.1 Å². The van der Waals surface area contributed by atoms with Gasteiger partial charge in [-0.1, -0.05) is 6.92 Å². The van der Waals surface area contributed by atoms with Gasteiger partial charge in [0.05, 0.1) is 11.8 Å². The molecule has 0 bridgehead atoms. The number of rotatable bonds is 8. The Labute approximate surface area is 200 Å². The van der Waals surface area contributed by atoms with E-state index in [4.69, 9.17) is 0 Å². The number of benzene rings is 1. The standard InChI is InChI=1S/C26H34FN5O2/c1-2-32-13-3-4-24(32)15-29-25(33)20-14-21(26(34)30-23-7-5-22(27)6-8-23)18-31(17-20)16-19-9-11-28-12-10-19/h5-12,20-21,24H,2-4,13-18H2,1H3,(H,29,33)(H,30,34)/t20-,21+,24-/m0/s1. The fourth-order valence-corrected chi connectivity index (χ4v) is 5.13. The highest BCUT2D eigenvalue weighted by Crippen LogP contribution is 2.26. The number of piperidine rings is 1. The Kier molecular flexibility index (Phi) is 8.24. The highest BCUT2D eigenvalue weighted by molar-refractivity contribution is 5.93. The lowest BCUT2D eigenvalue weighted by atomic mass is 9.87. The third-order valence-corrected chi connectivity index (χ3v) is 6.95. The molecule has 0 aliphatic carbocycles. The summed E-state index contributed by atoms with van der Waals surface area (Å²) in [5, 5.41) is 6.06. The maximum atomic E-state index is 13.2. The smallest absolute Gasteiger partial charge is 0.228 e. The molecule has 2 aliphatic rings. The second kappa shape index (κ2) is 11.5. The van der Waals surface area contributed by atoms with Gasteiger partial charge in [0.25, 0.3) is 0 Å². The van der Waals surface area contributed by atoms with Gasteiger partial charge < -0.3 is 10.6 Å². The molecule has 8 heteroatoms. The molecular weight excluding hydrogens is 433 g/mol. The van der Waals surface area contributed by atoms with E-state index in [0.29, 0.717) is 44.3 Å². The number of amides is 2. The summed E-state index contributed by atoms with van der Waals surface area (Å²) in [4.78, 5) is 34.9. The zero-order valence-electron chi connectivity index (χ0n) is 19.8. The van der Waals surface area contributed by atoms with Crippen LogP contribution >= 0.6 is 0 Å². The molecule has 182 valence electrons. The minimum absolute atomic E-state index is 0.0157. The van der Waals surface area contributed by atoms with E-state index in [1.165, 1.54) is 18.6 Å². The van der Waals surface area contributed by atoms with Gasteiger partial charge in [0.15, 0.2) is 0 Å². The Bertz CT molecular complexity index is 955. The Balaban J connectivity index is 1.42. The van der Waals surface area contributed by atoms with E-state index in [0.717, 1.165) is 25.1 Å². The minimum atomic E-state index is -0.347. The van der Waals surface area contributed by atoms with Gasteiger partial charge in [0.1, 0.15) is 5.82 Å². The number of likely N-dealkylation sites (N-methyl/N-ethyl adjacent to an activating group) is 1. The molecular formula is C26H34FN5O2. The van der Waals surface area contributed by atoms with E-state index in [-0.39, 0.29) is 29.5 Å². The minimum Gasteiger partial charge on any atom is -0.354 e. The molecule has 2 saturated heterocycles. The van der Waals surface area contributed by atoms with Crippen LogP contribution in [0.3, 0.4) is 0 Å². The third-order valence-electron chi connectivity index (χ3n) is 6.95. The lowest BCUT2D eigenvalue weighted by molar-refractivity contribution is -0.130. The summed E-state index contributed by atoms with van der Waals surface area (Å²) in [7, 11) is 0. The fraction of sp³-hybridized carbons (Fsp3) is 0.500. The summed E-state index contributed by atoms with van der Waals surface area (Å²) in [6.45, 7) is 6.71. The molecule has 1 aromatic heterocycles. The SMILES string of the molecule is CCN1CCC[C@H]1CNC(=O)[C@H]1C[C@@H](C(=O)Nc2ccc(F)cc2)CN(Cc2ccncc2)C1. The van der Waals surface area contributed by atoms with Crippen LogP contribution in [-0.2, 0) is 16.1 Å². The zero-order chi connectivity index (χ0) is 23.9. The van der Waals surface area contributed by atoms with Crippen molar-refractivity contribution in [1.29, 1.82) is 0 Å². The number of hydrogen-bond donors (Lipinski definition) is 2. The lowest BCUT2D eigenvalue weighted by Crippen LogP contribution is -2.50. The third kappa shape index (κ3) is 6.39. The number of halogens is 1. The molecule has 3 heterocycles. The van der Waals surface area contributed by atoms with Gasteiger partial charge in [-0.2, -0.15) is 0 Å². The van der Waals surface area contributed by atoms with Crippen molar-refractivity contribution in [2.75, 3.05) is 38.0 Å². The quantitative estimate of drug-likeness (QED) is 0.624. The number of hydrogen-bond acceptors (Lipinski definition) is 5. The van der Waals surface area contributed by atoms with Crippen LogP contribution in [0.15, 0.2) is 48.8 Å². The first-order valence-electron chi connectivity index (χ1n) is 12.2. The monoisotopic (exact) mass is 467 g/mol. The molecule has 4 rings (SSSR count). The molecule has 2 aromatic rings. The van der Waals surface area contributed by atoms with E-state index >= 15 is 0 Å². The molecule has 2 amide bonds. The Hall–Kier alpha value is -2.84. The number of nitrogens with zero attached hydrogens (tertiary/aromatic N) is 3. The average Bonchev–Trinajstić information content (AvgIpc) is 3.32. The molecule has 0 radical (unpaired) electrons. The number of aromatic nitrogens is 1. The number of anilines is 1. The summed E-state index contributed by atoms with van der Waals surface area (Å²) >= 11 is 0. The first kappa shape index (κ1) is 24.3. The summed E-state index contributed by atoms with van der Waals surface area (Å²) in [6, 6.07) is 10.1. The van der Waals surface area contributed by atoms with Gasteiger partial charge in [-0.25, -0.2) is 4.39 Å². The average molecular weight is 468 g/mol. The van der Waals surface area contributed by atoms with Crippen molar-refractivity contribution < 1.29 is 14.0 Å². The molecule has 0 saturated carbocycles. The Morgan fingerprint density at radius 3 is 2.47 bits per heavy atom. The second-order valence-electron chi connectivity index (χ2n) is 9.35. The van der Waals surface area contributed by atoms with Crippen molar-refractivity contribution in [3.05, 3.63) is 60.2 Å². The van der Waals surface area contributed by atoms with Crippen LogP contribution in [0, 0.1) is 17.7 Å². The summed E-state index contributed by atoms with van der Waals surface area (Å²) in [5.41, 5.74) is 1.65. The topological polar surface area (TPSA) is 77.6 Å². The van der Waals surface area contributed by atoms with E-state index < -0.39 is 0 Å². The van der Waals surface area contributed by atoms with Crippen LogP contribution < -0.4 is 10.6 Å². The van der Waals surface area contributed by atoms with E-state index in [9.17, 15) is 14.0 Å². The van der Waals surface area contributed by atoms with Crippen molar-refractivity contribution in [2.45, 2.75) is 38.8 Å². The normalized spacial score (nSPS) is 23.5. The molecule has 2 N–H and O–H groups in total. The number of nitrogens with one attached hydrogen (secondary N) is 2. The fourth-order valence-electron chi connectivity index (χ4n) is 5.13. The van der Waals surface area contributed by atoms with Gasteiger partial charge in [-0.15, -0.1) is 0 Å². The Morgan fingerprint density at radius 2 is 1.76 bits per heavy atom. The van der Waals surface area contributed by atoms with Crippen LogP contribution in [0.2, 0.25) is 0 Å². The molecule has 34 heavy (non-hydrogen) atoms. The largest absolute Gasteiger partial charge is 0.354 e. The summed E-state index contributed by atoms with van der Waals surface area (Å²) < 4.78 is 13.2. The number of pyridine rings is 1. The number of carbonyl (C=O) groups excluding carboxylic acids is 2. The highest BCUT2D eigenvalue weighted by atomic mass is 19.1. The van der Waals surface area contributed by atoms with Crippen LogP contribution in [0.5, 0.6) is 0 Å². The van der Waals surface area contributed by atoms with Crippen molar-refractivity contribution >= 4 is 17.5 Å². The molecule has 2 aliphatic heterocycles. The predicted octanol–water partition coefficient (Wildman–Crippen LogP) is 2.90. The van der Waals surface area contributed by atoms with Crippen LogP contribution in [0.25, 0.3) is 0 Å². The van der Waals surface area contributed by atoms with E-state index in [1.807, 2.05) is 12.1 Å². The summed E-state index contributed by atoms with van der Waals surface area (Å²) in [5.74, 6) is -1.08. The maximum absolute atomic E-state index is 13.2.